The lowest BCUT2D eigenvalue weighted by Crippen LogP contribution is -2.50. The van der Waals surface area contributed by atoms with Crippen molar-refractivity contribution in [2.75, 3.05) is 0 Å². The van der Waals surface area contributed by atoms with Gasteiger partial charge in [-0.1, -0.05) is 18.2 Å². The second kappa shape index (κ2) is 6.93. The number of halogens is 3. The maximum atomic E-state index is 13.3. The van der Waals surface area contributed by atoms with E-state index in [-0.39, 0.29) is 5.56 Å². The van der Waals surface area contributed by atoms with Crippen molar-refractivity contribution in [3.8, 4) is 0 Å². The standard InChI is InChI=1S/C15H15F3N4O3/c1-22-8-7-19-13(22)14(25,15(16,17)18)9-11(23)20-21-12(24)10-5-3-2-4-6-10/h2-8,25H,9H2,1H3,(H,20,23)(H,21,24)/t14-/m0/s1. The van der Waals surface area contributed by atoms with E-state index >= 15 is 0 Å². The first kappa shape index (κ1) is 18.5. The number of alkyl halides is 3. The van der Waals surface area contributed by atoms with E-state index in [0.717, 1.165) is 10.8 Å². The lowest BCUT2D eigenvalue weighted by atomic mass is 9.97. The molecule has 0 unspecified atom stereocenters. The Morgan fingerprint density at radius 1 is 1.20 bits per heavy atom. The van der Waals surface area contributed by atoms with Gasteiger partial charge in [0.15, 0.2) is 5.82 Å². The molecule has 10 heteroatoms. The number of hydrazine groups is 1. The summed E-state index contributed by atoms with van der Waals surface area (Å²) in [5.74, 6) is -2.67. The molecule has 0 aliphatic rings. The maximum absolute atomic E-state index is 13.3. The summed E-state index contributed by atoms with van der Waals surface area (Å²) in [4.78, 5) is 27.1. The monoisotopic (exact) mass is 356 g/mol. The first-order valence-corrected chi connectivity index (χ1v) is 7.06. The van der Waals surface area contributed by atoms with E-state index in [1.54, 1.807) is 18.2 Å². The molecule has 0 aliphatic heterocycles. The predicted octanol–water partition coefficient (Wildman–Crippen LogP) is 1.02. The van der Waals surface area contributed by atoms with Crippen molar-refractivity contribution in [1.82, 2.24) is 20.4 Å². The van der Waals surface area contributed by atoms with Crippen LogP contribution in [0, 0.1) is 0 Å². The van der Waals surface area contributed by atoms with E-state index in [0.29, 0.717) is 0 Å². The van der Waals surface area contributed by atoms with Crippen LogP contribution in [0.4, 0.5) is 13.2 Å². The van der Waals surface area contributed by atoms with Gasteiger partial charge in [0.05, 0.1) is 6.42 Å². The first-order valence-electron chi connectivity index (χ1n) is 7.06. The number of aromatic nitrogens is 2. The minimum Gasteiger partial charge on any atom is -0.374 e. The average molecular weight is 356 g/mol. The number of aliphatic hydroxyl groups is 1. The number of carbonyl (C=O) groups excluding carboxylic acids is 2. The number of carbonyl (C=O) groups is 2. The van der Waals surface area contributed by atoms with E-state index in [4.69, 9.17) is 0 Å². The molecule has 1 aromatic carbocycles. The van der Waals surface area contributed by atoms with Crippen LogP contribution in [-0.2, 0) is 17.4 Å². The molecule has 2 amide bonds. The fourth-order valence-electron chi connectivity index (χ4n) is 2.13. The van der Waals surface area contributed by atoms with Gasteiger partial charge in [-0.25, -0.2) is 4.98 Å². The summed E-state index contributed by atoms with van der Waals surface area (Å²) in [7, 11) is 1.26. The number of rotatable bonds is 4. The first-order chi connectivity index (χ1) is 11.6. The number of amides is 2. The highest BCUT2D eigenvalue weighted by Crippen LogP contribution is 2.40. The van der Waals surface area contributed by atoms with Crippen LogP contribution in [0.15, 0.2) is 42.7 Å². The molecule has 0 bridgehead atoms. The number of nitrogens with one attached hydrogen (secondary N) is 2. The summed E-state index contributed by atoms with van der Waals surface area (Å²) in [6.45, 7) is 0. The van der Waals surface area contributed by atoms with Crippen LogP contribution in [-0.4, -0.2) is 32.6 Å². The summed E-state index contributed by atoms with van der Waals surface area (Å²) in [5, 5.41) is 10.1. The topological polar surface area (TPSA) is 96.2 Å². The Morgan fingerprint density at radius 2 is 1.84 bits per heavy atom. The SMILES string of the molecule is Cn1ccnc1[C@@](O)(CC(=O)NNC(=O)c1ccccc1)C(F)(F)F. The van der Waals surface area contributed by atoms with Crippen molar-refractivity contribution >= 4 is 11.8 Å². The molecule has 3 N–H and O–H groups in total. The van der Waals surface area contributed by atoms with Gasteiger partial charge in [0, 0.05) is 25.0 Å². The quantitative estimate of drug-likeness (QED) is 0.713. The van der Waals surface area contributed by atoms with Gasteiger partial charge in [-0.3, -0.25) is 20.4 Å². The Morgan fingerprint density at radius 3 is 2.36 bits per heavy atom. The van der Waals surface area contributed by atoms with Gasteiger partial charge < -0.3 is 9.67 Å². The summed E-state index contributed by atoms with van der Waals surface area (Å²) in [6, 6.07) is 7.76. The van der Waals surface area contributed by atoms with Gasteiger partial charge >= 0.3 is 6.18 Å². The van der Waals surface area contributed by atoms with Gasteiger partial charge in [0.25, 0.3) is 5.91 Å². The normalized spacial score (nSPS) is 13.8. The number of aryl methyl sites for hydroxylation is 1. The summed E-state index contributed by atoms with van der Waals surface area (Å²) in [5.41, 5.74) is 0.556. The number of hydrogen-bond acceptors (Lipinski definition) is 4. The van der Waals surface area contributed by atoms with Crippen LogP contribution in [0.5, 0.6) is 0 Å². The van der Waals surface area contributed by atoms with Crippen LogP contribution in [0.25, 0.3) is 0 Å². The van der Waals surface area contributed by atoms with Crippen molar-refractivity contribution in [3.63, 3.8) is 0 Å². The van der Waals surface area contributed by atoms with E-state index in [9.17, 15) is 27.9 Å². The van der Waals surface area contributed by atoms with Gasteiger partial charge in [-0.2, -0.15) is 13.2 Å². The molecule has 0 fully saturated rings. The smallest absolute Gasteiger partial charge is 0.374 e. The van der Waals surface area contributed by atoms with Crippen LogP contribution >= 0.6 is 0 Å². The van der Waals surface area contributed by atoms with Crippen molar-refractivity contribution in [3.05, 3.63) is 54.1 Å². The van der Waals surface area contributed by atoms with E-state index in [2.05, 4.69) is 4.98 Å². The summed E-state index contributed by atoms with van der Waals surface area (Å²) < 4.78 is 40.9. The molecule has 2 aromatic rings. The highest BCUT2D eigenvalue weighted by molar-refractivity contribution is 5.95. The van der Waals surface area contributed by atoms with Gasteiger partial charge in [0.2, 0.25) is 11.5 Å². The van der Waals surface area contributed by atoms with Crippen molar-refractivity contribution in [2.45, 2.75) is 18.2 Å². The zero-order valence-electron chi connectivity index (χ0n) is 13.0. The lowest BCUT2D eigenvalue weighted by Gasteiger charge is -2.29. The molecule has 0 saturated heterocycles. The molecule has 0 saturated carbocycles. The third-order valence-corrected chi connectivity index (χ3v) is 3.43. The highest BCUT2D eigenvalue weighted by atomic mass is 19.4. The number of benzene rings is 1. The fraction of sp³-hybridized carbons (Fsp3) is 0.267. The zero-order chi connectivity index (χ0) is 18.7. The third-order valence-electron chi connectivity index (χ3n) is 3.43. The molecule has 25 heavy (non-hydrogen) atoms. The molecule has 0 aliphatic carbocycles. The molecule has 0 radical (unpaired) electrons. The molecule has 2 rings (SSSR count). The second-order valence-electron chi connectivity index (χ2n) is 5.26. The minimum absolute atomic E-state index is 0.206. The lowest BCUT2D eigenvalue weighted by molar-refractivity contribution is -0.271. The molecule has 1 atom stereocenters. The van der Waals surface area contributed by atoms with Gasteiger partial charge in [-0.15, -0.1) is 0 Å². The zero-order valence-corrected chi connectivity index (χ0v) is 13.0. The van der Waals surface area contributed by atoms with Crippen LogP contribution in [0.2, 0.25) is 0 Å². The predicted molar refractivity (Wildman–Crippen MR) is 79.8 cm³/mol. The van der Waals surface area contributed by atoms with E-state index in [1.807, 2.05) is 10.9 Å². The fourth-order valence-corrected chi connectivity index (χ4v) is 2.13. The molecule has 1 heterocycles. The minimum atomic E-state index is -5.15. The highest BCUT2D eigenvalue weighted by Gasteiger charge is 2.58. The van der Waals surface area contributed by atoms with Crippen molar-refractivity contribution in [2.24, 2.45) is 7.05 Å². The summed E-state index contributed by atoms with van der Waals surface area (Å²) >= 11 is 0. The Hall–Kier alpha value is -2.88. The van der Waals surface area contributed by atoms with E-state index in [1.165, 1.54) is 25.4 Å². The molecular weight excluding hydrogens is 341 g/mol. The molecule has 1 aromatic heterocycles. The Bertz CT molecular complexity index is 761. The Kier molecular flexibility index (Phi) is 5.12. The van der Waals surface area contributed by atoms with Crippen LogP contribution < -0.4 is 10.9 Å². The number of hydrogen-bond donors (Lipinski definition) is 3. The number of imidazole rings is 1. The van der Waals surface area contributed by atoms with Crippen LogP contribution in [0.3, 0.4) is 0 Å². The Balaban J connectivity index is 2.08. The maximum Gasteiger partial charge on any atom is 0.425 e. The van der Waals surface area contributed by atoms with Gasteiger partial charge in [0.1, 0.15) is 0 Å². The van der Waals surface area contributed by atoms with Crippen LogP contribution in [0.1, 0.15) is 22.6 Å². The Labute approximate surface area is 140 Å². The average Bonchev–Trinajstić information content (AvgIpc) is 2.99. The third kappa shape index (κ3) is 3.97. The molecule has 7 nitrogen and oxygen atoms in total. The molecule has 0 spiro atoms. The van der Waals surface area contributed by atoms with Crippen molar-refractivity contribution in [1.29, 1.82) is 0 Å². The summed E-state index contributed by atoms with van der Waals surface area (Å²) in [6.07, 6.45) is -4.23. The van der Waals surface area contributed by atoms with Gasteiger partial charge in [-0.05, 0) is 12.1 Å². The molecular formula is C15H15F3N4O3. The largest absolute Gasteiger partial charge is 0.425 e. The van der Waals surface area contributed by atoms with Crippen molar-refractivity contribution < 1.29 is 27.9 Å². The van der Waals surface area contributed by atoms with E-state index < -0.39 is 35.8 Å². The number of nitrogens with zero attached hydrogens (tertiary/aromatic N) is 2. The molecule has 134 valence electrons. The second-order valence-corrected chi connectivity index (χ2v) is 5.26.